The summed E-state index contributed by atoms with van der Waals surface area (Å²) >= 11 is 4.37. The number of nitrogens with one attached hydrogen (secondary N) is 1. The Labute approximate surface area is 177 Å². The number of hydrogen-bond acceptors (Lipinski definition) is 3. The van der Waals surface area contributed by atoms with Gasteiger partial charge in [-0.2, -0.15) is 0 Å². The van der Waals surface area contributed by atoms with Crippen LogP contribution in [0.3, 0.4) is 0 Å². The van der Waals surface area contributed by atoms with Gasteiger partial charge in [-0.25, -0.2) is 4.98 Å². The van der Waals surface area contributed by atoms with E-state index in [2.05, 4.69) is 55.5 Å². The molecular weight excluding hydrogens is 554 g/mol. The summed E-state index contributed by atoms with van der Waals surface area (Å²) in [5.41, 5.74) is 3.84. The zero-order chi connectivity index (χ0) is 18.1. The molecule has 0 aliphatic heterocycles. The molecule has 0 aliphatic carbocycles. The first-order valence-corrected chi connectivity index (χ1v) is 9.98. The van der Waals surface area contributed by atoms with E-state index in [1.165, 1.54) is 0 Å². The highest BCUT2D eigenvalue weighted by molar-refractivity contribution is 14.1. The Morgan fingerprint density at radius 3 is 2.50 bits per heavy atom. The van der Waals surface area contributed by atoms with E-state index < -0.39 is 0 Å². The molecule has 1 N–H and O–H groups in total. The van der Waals surface area contributed by atoms with Crippen molar-refractivity contribution in [2.75, 3.05) is 5.32 Å². The maximum absolute atomic E-state index is 12.5. The molecule has 1 heterocycles. The summed E-state index contributed by atoms with van der Waals surface area (Å²) in [6.45, 7) is 0. The Hall–Kier alpha value is -1.94. The number of oxazole rings is 1. The van der Waals surface area contributed by atoms with Gasteiger partial charge >= 0.3 is 0 Å². The van der Waals surface area contributed by atoms with Crippen molar-refractivity contribution in [2.45, 2.75) is 0 Å². The lowest BCUT2D eigenvalue weighted by Crippen LogP contribution is -2.13. The zero-order valence-corrected chi connectivity index (χ0v) is 17.7. The zero-order valence-electron chi connectivity index (χ0n) is 13.4. The molecule has 6 heteroatoms. The van der Waals surface area contributed by atoms with Crippen LogP contribution < -0.4 is 5.32 Å². The van der Waals surface area contributed by atoms with Crippen molar-refractivity contribution in [3.63, 3.8) is 0 Å². The summed E-state index contributed by atoms with van der Waals surface area (Å²) in [4.78, 5) is 17.0. The Morgan fingerprint density at radius 2 is 1.73 bits per heavy atom. The molecule has 4 aromatic rings. The average Bonchev–Trinajstić information content (AvgIpc) is 3.08. The van der Waals surface area contributed by atoms with Crippen molar-refractivity contribution < 1.29 is 9.21 Å². The van der Waals surface area contributed by atoms with Crippen molar-refractivity contribution in [1.29, 1.82) is 0 Å². The topological polar surface area (TPSA) is 55.1 Å². The van der Waals surface area contributed by atoms with E-state index in [-0.39, 0.29) is 5.91 Å². The quantitative estimate of drug-likeness (QED) is 0.312. The van der Waals surface area contributed by atoms with Crippen LogP contribution in [0.5, 0.6) is 0 Å². The van der Waals surface area contributed by atoms with Crippen LogP contribution in [0.1, 0.15) is 10.4 Å². The van der Waals surface area contributed by atoms with Crippen molar-refractivity contribution in [2.24, 2.45) is 0 Å². The minimum absolute atomic E-state index is 0.123. The van der Waals surface area contributed by atoms with Gasteiger partial charge in [0, 0.05) is 18.4 Å². The maximum Gasteiger partial charge on any atom is 0.256 e. The van der Waals surface area contributed by atoms with Crippen molar-refractivity contribution in [1.82, 2.24) is 4.98 Å². The number of fused-ring (bicyclic) bond motifs is 1. The number of hydrogen-bond donors (Lipinski definition) is 1. The summed E-state index contributed by atoms with van der Waals surface area (Å²) < 4.78 is 7.72. The fraction of sp³-hybridized carbons (Fsp3) is 0. The number of amides is 1. The molecule has 0 saturated heterocycles. The standard InChI is InChI=1S/C20H12I2N2O2/c21-13-7-10-16(22)15(11-13)19(25)23-14-8-5-12(6-9-14)20-24-17-3-1-2-4-18(17)26-20/h1-11H,(H,23,25). The molecular formula is C20H12I2N2O2. The number of aromatic nitrogens is 1. The Morgan fingerprint density at radius 1 is 0.962 bits per heavy atom. The lowest BCUT2D eigenvalue weighted by Gasteiger charge is -2.08. The van der Waals surface area contributed by atoms with Crippen molar-refractivity contribution in [3.05, 3.63) is 79.4 Å². The third-order valence-electron chi connectivity index (χ3n) is 3.86. The highest BCUT2D eigenvalue weighted by Gasteiger charge is 2.12. The number of benzene rings is 3. The van der Waals surface area contributed by atoms with E-state index in [9.17, 15) is 4.79 Å². The molecule has 3 aromatic carbocycles. The van der Waals surface area contributed by atoms with Crippen LogP contribution in [0.4, 0.5) is 5.69 Å². The van der Waals surface area contributed by atoms with E-state index in [1.54, 1.807) is 0 Å². The first kappa shape index (κ1) is 17.5. The van der Waals surface area contributed by atoms with E-state index in [4.69, 9.17) is 4.42 Å². The van der Waals surface area contributed by atoms with Crippen LogP contribution in [-0.2, 0) is 0 Å². The SMILES string of the molecule is O=C(Nc1ccc(-c2nc3ccccc3o2)cc1)c1cc(I)ccc1I. The van der Waals surface area contributed by atoms with E-state index in [1.807, 2.05) is 66.7 Å². The van der Waals surface area contributed by atoms with Crippen molar-refractivity contribution >= 4 is 67.9 Å². The summed E-state index contributed by atoms with van der Waals surface area (Å²) in [5, 5.41) is 2.93. The minimum Gasteiger partial charge on any atom is -0.436 e. The lowest BCUT2D eigenvalue weighted by atomic mass is 10.2. The highest BCUT2D eigenvalue weighted by Crippen LogP contribution is 2.25. The largest absolute Gasteiger partial charge is 0.436 e. The number of carbonyl (C=O) groups is 1. The summed E-state index contributed by atoms with van der Waals surface area (Å²) in [6, 6.07) is 20.9. The van der Waals surface area contributed by atoms with Gasteiger partial charge in [0.1, 0.15) is 5.52 Å². The number of carbonyl (C=O) groups excluding carboxylic acids is 1. The number of nitrogens with zero attached hydrogens (tertiary/aromatic N) is 1. The monoisotopic (exact) mass is 566 g/mol. The number of para-hydroxylation sites is 2. The first-order chi connectivity index (χ1) is 12.6. The minimum atomic E-state index is -0.123. The molecule has 0 aliphatic rings. The van der Waals surface area contributed by atoms with Gasteiger partial charge in [-0.1, -0.05) is 12.1 Å². The van der Waals surface area contributed by atoms with Crippen molar-refractivity contribution in [3.8, 4) is 11.5 Å². The summed E-state index contributed by atoms with van der Waals surface area (Å²) in [6.07, 6.45) is 0. The van der Waals surface area contributed by atoms with Crippen LogP contribution in [-0.4, -0.2) is 10.9 Å². The normalized spacial score (nSPS) is 10.8. The second kappa shape index (κ2) is 7.36. The van der Waals surface area contributed by atoms with Crippen LogP contribution in [0.25, 0.3) is 22.6 Å². The smallest absolute Gasteiger partial charge is 0.256 e. The van der Waals surface area contributed by atoms with Crippen LogP contribution in [0.2, 0.25) is 0 Å². The van der Waals surface area contributed by atoms with E-state index in [0.717, 1.165) is 29.5 Å². The molecule has 1 aromatic heterocycles. The van der Waals surface area contributed by atoms with Gasteiger partial charge in [-0.05, 0) is 99.8 Å². The maximum atomic E-state index is 12.5. The molecule has 0 saturated carbocycles. The fourth-order valence-electron chi connectivity index (χ4n) is 2.56. The lowest BCUT2D eigenvalue weighted by molar-refractivity contribution is 0.102. The molecule has 26 heavy (non-hydrogen) atoms. The predicted octanol–water partition coefficient (Wildman–Crippen LogP) is 5.96. The summed E-state index contributed by atoms with van der Waals surface area (Å²) in [7, 11) is 0. The highest BCUT2D eigenvalue weighted by atomic mass is 127. The van der Waals surface area contributed by atoms with Gasteiger partial charge in [0.2, 0.25) is 5.89 Å². The second-order valence-corrected chi connectivity index (χ2v) is 8.05. The second-order valence-electron chi connectivity index (χ2n) is 5.64. The molecule has 0 radical (unpaired) electrons. The van der Waals surface area contributed by atoms with Gasteiger partial charge < -0.3 is 9.73 Å². The van der Waals surface area contributed by atoms with E-state index >= 15 is 0 Å². The molecule has 0 fully saturated rings. The molecule has 1 amide bonds. The molecule has 0 spiro atoms. The molecule has 4 rings (SSSR count). The molecule has 0 unspecified atom stereocenters. The van der Waals surface area contributed by atoms with Gasteiger partial charge in [-0.15, -0.1) is 0 Å². The van der Waals surface area contributed by atoms with Crippen LogP contribution >= 0.6 is 45.2 Å². The Bertz CT molecular complexity index is 1070. The van der Waals surface area contributed by atoms with Gasteiger partial charge in [0.25, 0.3) is 5.91 Å². The molecule has 0 bridgehead atoms. The van der Waals surface area contributed by atoms with Gasteiger partial charge in [0.05, 0.1) is 5.56 Å². The van der Waals surface area contributed by atoms with Gasteiger partial charge in [-0.3, -0.25) is 4.79 Å². The van der Waals surface area contributed by atoms with Crippen LogP contribution in [0, 0.1) is 7.14 Å². The number of halogens is 2. The van der Waals surface area contributed by atoms with E-state index in [0.29, 0.717) is 11.5 Å². The third-order valence-corrected chi connectivity index (χ3v) is 5.47. The van der Waals surface area contributed by atoms with Crippen LogP contribution in [0.15, 0.2) is 71.1 Å². The average molecular weight is 566 g/mol. The summed E-state index contributed by atoms with van der Waals surface area (Å²) in [5.74, 6) is 0.443. The molecule has 4 nitrogen and oxygen atoms in total. The Kier molecular flexibility index (Phi) is 4.94. The Balaban J connectivity index is 1.56. The fourth-order valence-corrected chi connectivity index (χ4v) is 3.63. The third kappa shape index (κ3) is 3.61. The molecule has 0 atom stereocenters. The van der Waals surface area contributed by atoms with Gasteiger partial charge in [0.15, 0.2) is 5.58 Å². The molecule has 128 valence electrons. The number of anilines is 1. The predicted molar refractivity (Wildman–Crippen MR) is 119 cm³/mol. The number of rotatable bonds is 3. The first-order valence-electron chi connectivity index (χ1n) is 7.82.